The van der Waals surface area contributed by atoms with Gasteiger partial charge in [0.1, 0.15) is 0 Å². The maximum absolute atomic E-state index is 9.80. The summed E-state index contributed by atoms with van der Waals surface area (Å²) in [5.74, 6) is 0. The molecule has 0 saturated heterocycles. The number of aromatic nitrogens is 2. The summed E-state index contributed by atoms with van der Waals surface area (Å²) in [5, 5.41) is 14.1. The van der Waals surface area contributed by atoms with Crippen LogP contribution in [0.5, 0.6) is 0 Å². The molecule has 0 spiro atoms. The molecule has 0 saturated carbocycles. The first-order valence-corrected chi connectivity index (χ1v) is 5.28. The molecule has 3 N–H and O–H groups in total. The van der Waals surface area contributed by atoms with E-state index in [0.29, 0.717) is 6.54 Å². The first-order valence-electron chi connectivity index (χ1n) is 4.49. The number of aliphatic hydroxyl groups is 1. The van der Waals surface area contributed by atoms with E-state index < -0.39 is 5.60 Å². The molecule has 0 aliphatic heterocycles. The molecule has 1 aromatic rings. The van der Waals surface area contributed by atoms with Gasteiger partial charge in [0, 0.05) is 12.2 Å². The molecular weight excluding hydrogens is 246 g/mol. The minimum absolute atomic E-state index is 0.225. The molecule has 5 heteroatoms. The number of hydrogen-bond acceptors (Lipinski definition) is 3. The van der Waals surface area contributed by atoms with Gasteiger partial charge in [-0.3, -0.25) is 4.68 Å². The van der Waals surface area contributed by atoms with Crippen molar-refractivity contribution in [2.75, 3.05) is 6.54 Å². The van der Waals surface area contributed by atoms with Gasteiger partial charge in [-0.1, -0.05) is 0 Å². The molecule has 1 atom stereocenters. The molecule has 1 unspecified atom stereocenters. The van der Waals surface area contributed by atoms with Gasteiger partial charge in [0.2, 0.25) is 0 Å². The molecule has 0 aromatic carbocycles. The van der Waals surface area contributed by atoms with Gasteiger partial charge in [0.15, 0.2) is 0 Å². The predicted octanol–water partition coefficient (Wildman–Crippen LogP) is 0.972. The largest absolute Gasteiger partial charge is 0.387 e. The van der Waals surface area contributed by atoms with Gasteiger partial charge < -0.3 is 10.8 Å². The molecule has 0 radical (unpaired) electrons. The van der Waals surface area contributed by atoms with Crippen molar-refractivity contribution in [3.8, 4) is 0 Å². The average molecular weight is 262 g/mol. The van der Waals surface area contributed by atoms with E-state index in [-0.39, 0.29) is 6.54 Å². The Labute approximate surface area is 92.2 Å². The monoisotopic (exact) mass is 261 g/mol. The molecular formula is C9H16BrN3O. The summed E-state index contributed by atoms with van der Waals surface area (Å²) in [5.41, 5.74) is 6.48. The predicted molar refractivity (Wildman–Crippen MR) is 59.1 cm³/mol. The second-order valence-corrected chi connectivity index (χ2v) is 4.64. The number of halogens is 1. The first kappa shape index (κ1) is 11.7. The van der Waals surface area contributed by atoms with Crippen LogP contribution in [-0.4, -0.2) is 27.0 Å². The van der Waals surface area contributed by atoms with Gasteiger partial charge in [-0.15, -0.1) is 0 Å². The van der Waals surface area contributed by atoms with Crippen LogP contribution in [-0.2, 0) is 6.54 Å². The summed E-state index contributed by atoms with van der Waals surface area (Å²) in [4.78, 5) is 0. The molecule has 0 aliphatic carbocycles. The van der Waals surface area contributed by atoms with E-state index in [9.17, 15) is 5.11 Å². The second kappa shape index (κ2) is 4.00. The SMILES string of the molecule is Cc1nn(CC(C)(O)CN)c(C)c1Br. The van der Waals surface area contributed by atoms with Crippen molar-refractivity contribution in [3.05, 3.63) is 15.9 Å². The van der Waals surface area contributed by atoms with E-state index in [4.69, 9.17) is 5.73 Å². The zero-order chi connectivity index (χ0) is 10.9. The van der Waals surface area contributed by atoms with Crippen LogP contribution in [0.3, 0.4) is 0 Å². The van der Waals surface area contributed by atoms with Crippen LogP contribution in [0.15, 0.2) is 4.47 Å². The number of nitrogens with two attached hydrogens (primary N) is 1. The van der Waals surface area contributed by atoms with Crippen molar-refractivity contribution in [3.63, 3.8) is 0 Å². The molecule has 0 bridgehead atoms. The highest BCUT2D eigenvalue weighted by Crippen LogP contribution is 2.21. The fraction of sp³-hybridized carbons (Fsp3) is 0.667. The van der Waals surface area contributed by atoms with Crippen LogP contribution in [0.4, 0.5) is 0 Å². The van der Waals surface area contributed by atoms with Crippen molar-refractivity contribution >= 4 is 15.9 Å². The van der Waals surface area contributed by atoms with Gasteiger partial charge >= 0.3 is 0 Å². The Morgan fingerprint density at radius 1 is 1.57 bits per heavy atom. The van der Waals surface area contributed by atoms with E-state index in [1.807, 2.05) is 13.8 Å². The average Bonchev–Trinajstić information content (AvgIpc) is 2.33. The van der Waals surface area contributed by atoms with Crippen molar-refractivity contribution in [2.24, 2.45) is 5.73 Å². The zero-order valence-electron chi connectivity index (χ0n) is 8.71. The summed E-state index contributed by atoms with van der Waals surface area (Å²) in [6, 6.07) is 0. The third-order valence-corrected chi connectivity index (χ3v) is 3.37. The maximum atomic E-state index is 9.80. The summed E-state index contributed by atoms with van der Waals surface area (Å²) < 4.78 is 2.76. The molecule has 0 amide bonds. The summed E-state index contributed by atoms with van der Waals surface area (Å²) in [6.07, 6.45) is 0. The Balaban J connectivity index is 2.93. The van der Waals surface area contributed by atoms with Crippen molar-refractivity contribution in [2.45, 2.75) is 32.9 Å². The van der Waals surface area contributed by atoms with Crippen LogP contribution in [0.25, 0.3) is 0 Å². The lowest BCUT2D eigenvalue weighted by Gasteiger charge is -2.21. The highest BCUT2D eigenvalue weighted by molar-refractivity contribution is 9.10. The van der Waals surface area contributed by atoms with Gasteiger partial charge in [-0.2, -0.15) is 5.10 Å². The van der Waals surface area contributed by atoms with Crippen LogP contribution in [0.1, 0.15) is 18.3 Å². The van der Waals surface area contributed by atoms with Gasteiger partial charge in [-0.25, -0.2) is 0 Å². The lowest BCUT2D eigenvalue weighted by Crippen LogP contribution is -2.39. The minimum atomic E-state index is -0.900. The number of hydrogen-bond donors (Lipinski definition) is 2. The molecule has 1 rings (SSSR count). The van der Waals surface area contributed by atoms with Gasteiger partial charge in [-0.05, 0) is 36.7 Å². The van der Waals surface area contributed by atoms with Crippen LogP contribution in [0.2, 0.25) is 0 Å². The third kappa shape index (κ3) is 2.34. The van der Waals surface area contributed by atoms with E-state index in [0.717, 1.165) is 15.9 Å². The fourth-order valence-corrected chi connectivity index (χ4v) is 1.50. The van der Waals surface area contributed by atoms with Crippen molar-refractivity contribution in [1.29, 1.82) is 0 Å². The quantitative estimate of drug-likeness (QED) is 0.853. The lowest BCUT2D eigenvalue weighted by molar-refractivity contribution is 0.0464. The van der Waals surface area contributed by atoms with Crippen molar-refractivity contribution < 1.29 is 5.11 Å². The maximum Gasteiger partial charge on any atom is 0.0936 e. The standard InChI is InChI=1S/C9H16BrN3O/c1-6-8(10)7(2)13(12-6)5-9(3,14)4-11/h14H,4-5,11H2,1-3H3. The highest BCUT2D eigenvalue weighted by atomic mass is 79.9. The Kier molecular flexibility index (Phi) is 3.34. The summed E-state index contributed by atoms with van der Waals surface area (Å²) in [7, 11) is 0. The fourth-order valence-electron chi connectivity index (χ4n) is 1.22. The normalized spacial score (nSPS) is 15.6. The van der Waals surface area contributed by atoms with E-state index in [2.05, 4.69) is 21.0 Å². The minimum Gasteiger partial charge on any atom is -0.387 e. The Morgan fingerprint density at radius 3 is 2.50 bits per heavy atom. The van der Waals surface area contributed by atoms with E-state index >= 15 is 0 Å². The van der Waals surface area contributed by atoms with Crippen LogP contribution in [0, 0.1) is 13.8 Å². The topological polar surface area (TPSA) is 64.1 Å². The molecule has 14 heavy (non-hydrogen) atoms. The Hall–Kier alpha value is -0.390. The molecule has 1 aromatic heterocycles. The van der Waals surface area contributed by atoms with E-state index in [1.165, 1.54) is 0 Å². The molecule has 0 fully saturated rings. The van der Waals surface area contributed by atoms with Crippen LogP contribution < -0.4 is 5.73 Å². The smallest absolute Gasteiger partial charge is 0.0936 e. The highest BCUT2D eigenvalue weighted by Gasteiger charge is 2.21. The van der Waals surface area contributed by atoms with Crippen LogP contribution >= 0.6 is 15.9 Å². The second-order valence-electron chi connectivity index (χ2n) is 3.84. The number of rotatable bonds is 3. The van der Waals surface area contributed by atoms with Crippen molar-refractivity contribution in [1.82, 2.24) is 9.78 Å². The number of nitrogens with zero attached hydrogens (tertiary/aromatic N) is 2. The lowest BCUT2D eigenvalue weighted by atomic mass is 10.1. The van der Waals surface area contributed by atoms with Gasteiger partial charge in [0.25, 0.3) is 0 Å². The Bertz CT molecular complexity index is 333. The number of aryl methyl sites for hydroxylation is 1. The van der Waals surface area contributed by atoms with Gasteiger partial charge in [0.05, 0.1) is 22.3 Å². The van der Waals surface area contributed by atoms with E-state index in [1.54, 1.807) is 11.6 Å². The molecule has 1 heterocycles. The summed E-state index contributed by atoms with van der Waals surface area (Å²) in [6.45, 7) is 6.23. The first-order chi connectivity index (χ1) is 6.37. The zero-order valence-corrected chi connectivity index (χ0v) is 10.3. The Morgan fingerprint density at radius 2 is 2.14 bits per heavy atom. The third-order valence-electron chi connectivity index (χ3n) is 2.22. The molecule has 80 valence electrons. The molecule has 0 aliphatic rings. The summed E-state index contributed by atoms with van der Waals surface area (Å²) >= 11 is 3.43. The molecule has 4 nitrogen and oxygen atoms in total.